The third-order valence-electron chi connectivity index (χ3n) is 11.4. The van der Waals surface area contributed by atoms with Gasteiger partial charge in [-0.05, 0) is 53.2 Å². The maximum Gasteiger partial charge on any atom is 0.165 e. The standard InChI is InChI=1S/C48H26N4S/c1-2-12-28(13-3-1)45-48(50-46-29-14-5-4-11-27(29)23-24-36(46)49-45)52-37-19-9-16-31-32-17-8-18-33-34-25-35-30-15-6-7-22-41(30)53-42(35)26-40(34)51(47(32)33)38-20-10-21-39(52)44(38)43(31)37/h1-26H. The summed E-state index contributed by atoms with van der Waals surface area (Å²) in [5.74, 6) is 0.831. The van der Waals surface area contributed by atoms with E-state index in [1.54, 1.807) is 0 Å². The molecule has 0 bridgehead atoms. The summed E-state index contributed by atoms with van der Waals surface area (Å²) in [4.78, 5) is 11.0. The fraction of sp³-hybridized carbons (Fsp3) is 0. The highest BCUT2D eigenvalue weighted by Gasteiger charge is 2.25. The van der Waals surface area contributed by atoms with Crippen LogP contribution < -0.4 is 0 Å². The van der Waals surface area contributed by atoms with Gasteiger partial charge in [-0.2, -0.15) is 0 Å². The lowest BCUT2D eigenvalue weighted by atomic mass is 10.0. The third-order valence-corrected chi connectivity index (χ3v) is 12.5. The van der Waals surface area contributed by atoms with Crippen molar-refractivity contribution in [3.8, 4) is 17.1 Å². The molecule has 0 fully saturated rings. The van der Waals surface area contributed by atoms with Crippen LogP contribution in [0, 0.1) is 0 Å². The second kappa shape index (κ2) is 9.94. The molecule has 4 nitrogen and oxygen atoms in total. The van der Waals surface area contributed by atoms with Crippen molar-refractivity contribution in [2.45, 2.75) is 0 Å². The number of para-hydroxylation sites is 1. The van der Waals surface area contributed by atoms with Crippen LogP contribution in [0.15, 0.2) is 158 Å². The van der Waals surface area contributed by atoms with E-state index in [1.807, 2.05) is 11.3 Å². The molecule has 0 radical (unpaired) electrons. The van der Waals surface area contributed by atoms with Crippen LogP contribution in [0.4, 0.5) is 0 Å². The maximum atomic E-state index is 5.60. The largest absolute Gasteiger partial charge is 0.308 e. The van der Waals surface area contributed by atoms with E-state index in [-0.39, 0.29) is 0 Å². The van der Waals surface area contributed by atoms with Crippen LogP contribution >= 0.6 is 11.3 Å². The van der Waals surface area contributed by atoms with E-state index in [4.69, 9.17) is 9.97 Å². The van der Waals surface area contributed by atoms with E-state index in [1.165, 1.54) is 69.0 Å². The summed E-state index contributed by atoms with van der Waals surface area (Å²) in [6.07, 6.45) is 0. The van der Waals surface area contributed by atoms with Gasteiger partial charge in [0.05, 0.1) is 38.6 Å². The zero-order valence-corrected chi connectivity index (χ0v) is 29.0. The molecule has 0 saturated carbocycles. The molecule has 53 heavy (non-hydrogen) atoms. The van der Waals surface area contributed by atoms with Crippen molar-refractivity contribution in [1.29, 1.82) is 0 Å². The van der Waals surface area contributed by atoms with Crippen molar-refractivity contribution in [3.05, 3.63) is 158 Å². The smallest absolute Gasteiger partial charge is 0.165 e. The molecule has 0 aliphatic rings. The number of fused-ring (bicyclic) bond motifs is 11. The first kappa shape index (κ1) is 27.8. The SMILES string of the molecule is c1ccc(-c2nc3ccc4ccccc4c3nc2-n2c3cccc4c5cccc6c7cc8c(cc7n(c7cccc2c7c43)c56)sc2ccccc28)cc1. The lowest BCUT2D eigenvalue weighted by Crippen LogP contribution is -2.04. The lowest BCUT2D eigenvalue weighted by Gasteiger charge is -2.15. The third kappa shape index (κ3) is 3.54. The molecular formula is C48H26N4S. The summed E-state index contributed by atoms with van der Waals surface area (Å²) in [6, 6.07) is 57.3. The Kier molecular flexibility index (Phi) is 5.22. The number of rotatable bonds is 2. The predicted molar refractivity (Wildman–Crippen MR) is 224 cm³/mol. The van der Waals surface area contributed by atoms with Gasteiger partial charge in [0.2, 0.25) is 0 Å². The van der Waals surface area contributed by atoms with Crippen LogP contribution in [0.25, 0.3) is 119 Å². The van der Waals surface area contributed by atoms with Gasteiger partial charge >= 0.3 is 0 Å². The minimum atomic E-state index is 0.831. The van der Waals surface area contributed by atoms with Gasteiger partial charge in [0.15, 0.2) is 5.82 Å². The Morgan fingerprint density at radius 3 is 2.04 bits per heavy atom. The first-order valence-electron chi connectivity index (χ1n) is 18.0. The average Bonchev–Trinajstić information content (AvgIpc) is 3.84. The molecule has 0 amide bonds. The summed E-state index contributed by atoms with van der Waals surface area (Å²) in [5, 5.41) is 12.4. The maximum absolute atomic E-state index is 5.60. The molecule has 8 aromatic carbocycles. The molecule has 244 valence electrons. The molecule has 5 heteroatoms. The highest BCUT2D eigenvalue weighted by molar-refractivity contribution is 7.25. The summed E-state index contributed by atoms with van der Waals surface area (Å²) in [5.41, 5.74) is 9.60. The van der Waals surface area contributed by atoms with Crippen molar-refractivity contribution in [1.82, 2.24) is 18.9 Å². The second-order valence-electron chi connectivity index (χ2n) is 14.1. The first-order valence-corrected chi connectivity index (χ1v) is 18.8. The number of hydrogen-bond acceptors (Lipinski definition) is 3. The predicted octanol–water partition coefficient (Wildman–Crippen LogP) is 13.1. The van der Waals surface area contributed by atoms with E-state index in [0.717, 1.165) is 49.9 Å². The highest BCUT2D eigenvalue weighted by atomic mass is 32.1. The number of aromatic nitrogens is 4. The van der Waals surface area contributed by atoms with Gasteiger partial charge in [0.1, 0.15) is 5.69 Å². The van der Waals surface area contributed by atoms with Crippen LogP contribution in [-0.4, -0.2) is 18.9 Å². The molecule has 5 heterocycles. The molecule has 0 unspecified atom stereocenters. The summed E-state index contributed by atoms with van der Waals surface area (Å²) in [7, 11) is 0. The van der Waals surface area contributed by atoms with Crippen molar-refractivity contribution >= 4 is 113 Å². The average molecular weight is 691 g/mol. The molecule has 13 aromatic rings. The molecule has 0 spiro atoms. The summed E-state index contributed by atoms with van der Waals surface area (Å²) < 4.78 is 7.54. The number of hydrogen-bond donors (Lipinski definition) is 0. The highest BCUT2D eigenvalue weighted by Crippen LogP contribution is 2.46. The van der Waals surface area contributed by atoms with Crippen LogP contribution in [0.2, 0.25) is 0 Å². The van der Waals surface area contributed by atoms with Gasteiger partial charge in [-0.25, -0.2) is 9.97 Å². The Hall–Kier alpha value is -6.82. The van der Waals surface area contributed by atoms with Gasteiger partial charge < -0.3 is 4.40 Å². The van der Waals surface area contributed by atoms with Gasteiger partial charge in [-0.15, -0.1) is 11.3 Å². The quantitative estimate of drug-likeness (QED) is 0.169. The van der Waals surface area contributed by atoms with Gasteiger partial charge in [0, 0.05) is 58.1 Å². The topological polar surface area (TPSA) is 35.1 Å². The number of nitrogens with zero attached hydrogens (tertiary/aromatic N) is 4. The van der Waals surface area contributed by atoms with Gasteiger partial charge in [-0.1, -0.05) is 115 Å². The monoisotopic (exact) mass is 690 g/mol. The number of benzene rings is 8. The molecule has 0 saturated heterocycles. The molecule has 13 rings (SSSR count). The zero-order valence-electron chi connectivity index (χ0n) is 28.2. The van der Waals surface area contributed by atoms with E-state index in [0.29, 0.717) is 0 Å². The second-order valence-corrected chi connectivity index (χ2v) is 15.2. The van der Waals surface area contributed by atoms with Crippen molar-refractivity contribution < 1.29 is 0 Å². The molecular weight excluding hydrogens is 665 g/mol. The van der Waals surface area contributed by atoms with Crippen molar-refractivity contribution in [3.63, 3.8) is 0 Å². The van der Waals surface area contributed by atoms with Crippen LogP contribution in [-0.2, 0) is 0 Å². The first-order chi connectivity index (χ1) is 26.3. The normalized spacial score (nSPS) is 12.5. The fourth-order valence-electron chi connectivity index (χ4n) is 9.21. The van der Waals surface area contributed by atoms with Crippen LogP contribution in [0.1, 0.15) is 0 Å². The minimum absolute atomic E-state index is 0.831. The van der Waals surface area contributed by atoms with E-state index in [9.17, 15) is 0 Å². The Labute approximate surface area is 305 Å². The minimum Gasteiger partial charge on any atom is -0.308 e. The van der Waals surface area contributed by atoms with E-state index < -0.39 is 0 Å². The van der Waals surface area contributed by atoms with Crippen molar-refractivity contribution in [2.24, 2.45) is 0 Å². The molecule has 0 aliphatic heterocycles. The Morgan fingerprint density at radius 2 is 1.13 bits per heavy atom. The summed E-state index contributed by atoms with van der Waals surface area (Å²) in [6.45, 7) is 0. The van der Waals surface area contributed by atoms with Crippen molar-refractivity contribution in [2.75, 3.05) is 0 Å². The Bertz CT molecular complexity index is 3680. The molecule has 0 atom stereocenters. The zero-order chi connectivity index (χ0) is 34.4. The number of thiophene rings is 1. The lowest BCUT2D eigenvalue weighted by molar-refractivity contribution is 1.08. The van der Waals surface area contributed by atoms with E-state index >= 15 is 0 Å². The van der Waals surface area contributed by atoms with Crippen LogP contribution in [0.3, 0.4) is 0 Å². The van der Waals surface area contributed by atoms with Crippen LogP contribution in [0.5, 0.6) is 0 Å². The Balaban J connectivity index is 1.25. The van der Waals surface area contributed by atoms with E-state index in [2.05, 4.69) is 167 Å². The summed E-state index contributed by atoms with van der Waals surface area (Å²) >= 11 is 1.88. The molecule has 0 N–H and O–H groups in total. The molecule has 0 aliphatic carbocycles. The molecule has 5 aromatic heterocycles. The van der Waals surface area contributed by atoms with Gasteiger partial charge in [0.25, 0.3) is 0 Å². The fourth-order valence-corrected chi connectivity index (χ4v) is 10.3. The van der Waals surface area contributed by atoms with Gasteiger partial charge in [-0.3, -0.25) is 4.57 Å². The Morgan fingerprint density at radius 1 is 0.434 bits per heavy atom.